The lowest BCUT2D eigenvalue weighted by Gasteiger charge is -2.16. The van der Waals surface area contributed by atoms with Gasteiger partial charge < -0.3 is 9.73 Å². The number of aryl methyl sites for hydroxylation is 1. The summed E-state index contributed by atoms with van der Waals surface area (Å²) in [6.45, 7) is 6.07. The van der Waals surface area contributed by atoms with Crippen LogP contribution >= 0.6 is 0 Å². The van der Waals surface area contributed by atoms with Crippen LogP contribution in [0, 0.1) is 0 Å². The van der Waals surface area contributed by atoms with E-state index >= 15 is 0 Å². The Labute approximate surface area is 107 Å². The van der Waals surface area contributed by atoms with Crippen LogP contribution < -0.4 is 5.32 Å². The van der Waals surface area contributed by atoms with E-state index in [0.29, 0.717) is 0 Å². The van der Waals surface area contributed by atoms with Crippen molar-refractivity contribution in [2.75, 3.05) is 6.54 Å². The van der Waals surface area contributed by atoms with E-state index < -0.39 is 0 Å². The summed E-state index contributed by atoms with van der Waals surface area (Å²) in [5.74, 6) is 1.01. The quantitative estimate of drug-likeness (QED) is 0.816. The number of aromatic nitrogens is 3. The van der Waals surface area contributed by atoms with Gasteiger partial charge in [-0.2, -0.15) is 5.10 Å². The smallest absolute Gasteiger partial charge is 0.138 e. The lowest BCUT2D eigenvalue weighted by molar-refractivity contribution is 0.487. The summed E-state index contributed by atoms with van der Waals surface area (Å²) in [4.78, 5) is 4.33. The summed E-state index contributed by atoms with van der Waals surface area (Å²) in [6, 6.07) is 2.23. The number of hydrogen-bond donors (Lipinski definition) is 1. The Morgan fingerprint density at radius 3 is 3.00 bits per heavy atom. The molecule has 1 N–H and O–H groups in total. The minimum Gasteiger partial charge on any atom is -0.472 e. The Balaban J connectivity index is 2.10. The van der Waals surface area contributed by atoms with Crippen molar-refractivity contribution in [3.8, 4) is 0 Å². The first kappa shape index (κ1) is 12.8. The molecule has 0 aliphatic heterocycles. The van der Waals surface area contributed by atoms with Crippen molar-refractivity contribution >= 4 is 0 Å². The lowest BCUT2D eigenvalue weighted by Crippen LogP contribution is -2.25. The molecule has 5 nitrogen and oxygen atoms in total. The number of furan rings is 1. The van der Waals surface area contributed by atoms with Gasteiger partial charge in [0, 0.05) is 24.6 Å². The van der Waals surface area contributed by atoms with E-state index in [-0.39, 0.29) is 6.04 Å². The van der Waals surface area contributed by atoms with Gasteiger partial charge in [-0.1, -0.05) is 6.92 Å². The summed E-state index contributed by atoms with van der Waals surface area (Å²) in [6.07, 6.45) is 7.05. The van der Waals surface area contributed by atoms with E-state index in [0.717, 1.165) is 37.3 Å². The monoisotopic (exact) mass is 248 g/mol. The summed E-state index contributed by atoms with van der Waals surface area (Å²) in [7, 11) is 0. The van der Waals surface area contributed by atoms with Crippen molar-refractivity contribution in [2.45, 2.75) is 39.3 Å². The van der Waals surface area contributed by atoms with E-state index in [2.05, 4.69) is 29.2 Å². The Kier molecular flexibility index (Phi) is 4.52. The zero-order valence-corrected chi connectivity index (χ0v) is 11.0. The van der Waals surface area contributed by atoms with Gasteiger partial charge in [0.05, 0.1) is 12.5 Å². The molecule has 0 bridgehead atoms. The predicted octanol–water partition coefficient (Wildman–Crippen LogP) is 2.17. The molecule has 0 saturated heterocycles. The van der Waals surface area contributed by atoms with Crippen LogP contribution in [0.2, 0.25) is 0 Å². The second-order valence-corrected chi connectivity index (χ2v) is 4.26. The van der Waals surface area contributed by atoms with Crippen LogP contribution in [-0.4, -0.2) is 21.3 Å². The third-order valence-corrected chi connectivity index (χ3v) is 2.97. The average Bonchev–Trinajstić information content (AvgIpc) is 3.04. The maximum atomic E-state index is 5.17. The fraction of sp³-hybridized carbons (Fsp3) is 0.538. The van der Waals surface area contributed by atoms with Gasteiger partial charge in [-0.25, -0.2) is 4.98 Å². The number of nitrogens with one attached hydrogen (secondary N) is 1. The number of hydrogen-bond acceptors (Lipinski definition) is 4. The van der Waals surface area contributed by atoms with Crippen molar-refractivity contribution in [3.63, 3.8) is 0 Å². The highest BCUT2D eigenvalue weighted by molar-refractivity contribution is 5.13. The highest BCUT2D eigenvalue weighted by atomic mass is 16.3. The second-order valence-electron chi connectivity index (χ2n) is 4.26. The largest absolute Gasteiger partial charge is 0.472 e. The van der Waals surface area contributed by atoms with Crippen molar-refractivity contribution in [1.29, 1.82) is 0 Å². The van der Waals surface area contributed by atoms with Crippen molar-refractivity contribution in [2.24, 2.45) is 0 Å². The van der Waals surface area contributed by atoms with E-state index in [9.17, 15) is 0 Å². The molecule has 5 heteroatoms. The van der Waals surface area contributed by atoms with Gasteiger partial charge in [-0.3, -0.25) is 4.68 Å². The Morgan fingerprint density at radius 1 is 1.44 bits per heavy atom. The molecular formula is C13H20N4O. The molecule has 18 heavy (non-hydrogen) atoms. The lowest BCUT2D eigenvalue weighted by atomic mass is 10.1. The van der Waals surface area contributed by atoms with Gasteiger partial charge in [0.2, 0.25) is 0 Å². The molecule has 2 aromatic heterocycles. The molecule has 0 radical (unpaired) electrons. The van der Waals surface area contributed by atoms with Crippen LogP contribution in [0.15, 0.2) is 29.3 Å². The molecular weight excluding hydrogens is 228 g/mol. The van der Waals surface area contributed by atoms with E-state index in [1.54, 1.807) is 18.9 Å². The van der Waals surface area contributed by atoms with Crippen molar-refractivity contribution in [3.05, 3.63) is 36.3 Å². The third kappa shape index (κ3) is 2.98. The fourth-order valence-corrected chi connectivity index (χ4v) is 1.99. The number of rotatable bonds is 7. The Hall–Kier alpha value is -1.62. The summed E-state index contributed by atoms with van der Waals surface area (Å²) in [5, 5.41) is 7.72. The second kappa shape index (κ2) is 6.35. The van der Waals surface area contributed by atoms with Gasteiger partial charge in [0.1, 0.15) is 12.2 Å². The molecule has 1 unspecified atom stereocenters. The molecule has 2 heterocycles. The predicted molar refractivity (Wildman–Crippen MR) is 69.1 cm³/mol. The van der Waals surface area contributed by atoms with Crippen LogP contribution in [-0.2, 0) is 13.0 Å². The highest BCUT2D eigenvalue weighted by Gasteiger charge is 2.15. The van der Waals surface area contributed by atoms with E-state index in [1.165, 1.54) is 0 Å². The van der Waals surface area contributed by atoms with E-state index in [1.807, 2.05) is 10.7 Å². The minimum atomic E-state index is 0.234. The van der Waals surface area contributed by atoms with Gasteiger partial charge >= 0.3 is 0 Å². The van der Waals surface area contributed by atoms with Crippen molar-refractivity contribution < 1.29 is 4.42 Å². The molecule has 0 aromatic carbocycles. The van der Waals surface area contributed by atoms with Gasteiger partial charge in [-0.05, 0) is 26.0 Å². The van der Waals surface area contributed by atoms with E-state index in [4.69, 9.17) is 4.42 Å². The van der Waals surface area contributed by atoms with Crippen LogP contribution in [0.3, 0.4) is 0 Å². The average molecular weight is 248 g/mol. The Morgan fingerprint density at radius 2 is 2.33 bits per heavy atom. The first-order valence-corrected chi connectivity index (χ1v) is 6.47. The molecule has 0 fully saturated rings. The Bertz CT molecular complexity index is 449. The van der Waals surface area contributed by atoms with Crippen LogP contribution in [0.4, 0.5) is 0 Å². The highest BCUT2D eigenvalue weighted by Crippen LogP contribution is 2.17. The molecule has 0 saturated carbocycles. The normalized spacial score (nSPS) is 12.8. The standard InChI is InChI=1S/C13H20N4O/c1-3-6-14-12(11-5-7-18-9-11)8-13-15-10-16-17(13)4-2/h5,7,9-10,12,14H,3-4,6,8H2,1-2H3. The summed E-state index contributed by atoms with van der Waals surface area (Å²) < 4.78 is 7.10. The summed E-state index contributed by atoms with van der Waals surface area (Å²) >= 11 is 0. The van der Waals surface area contributed by atoms with Crippen molar-refractivity contribution in [1.82, 2.24) is 20.1 Å². The first-order valence-electron chi connectivity index (χ1n) is 6.47. The zero-order valence-electron chi connectivity index (χ0n) is 11.0. The van der Waals surface area contributed by atoms with Crippen LogP contribution in [0.5, 0.6) is 0 Å². The molecule has 1 atom stereocenters. The molecule has 98 valence electrons. The van der Waals surface area contributed by atoms with Gasteiger partial charge in [-0.15, -0.1) is 0 Å². The SMILES string of the molecule is CCCNC(Cc1ncnn1CC)c1ccoc1. The number of nitrogens with zero attached hydrogens (tertiary/aromatic N) is 3. The molecule has 0 spiro atoms. The minimum absolute atomic E-state index is 0.234. The fourth-order valence-electron chi connectivity index (χ4n) is 1.99. The maximum absolute atomic E-state index is 5.17. The molecule has 0 aliphatic rings. The van der Waals surface area contributed by atoms with Gasteiger partial charge in [0.15, 0.2) is 0 Å². The molecule has 2 aromatic rings. The van der Waals surface area contributed by atoms with Crippen LogP contribution in [0.1, 0.15) is 37.7 Å². The molecule has 0 aliphatic carbocycles. The molecule has 0 amide bonds. The first-order chi connectivity index (χ1) is 8.85. The molecule has 2 rings (SSSR count). The summed E-state index contributed by atoms with van der Waals surface area (Å²) in [5.41, 5.74) is 1.16. The third-order valence-electron chi connectivity index (χ3n) is 2.97. The van der Waals surface area contributed by atoms with Crippen LogP contribution in [0.25, 0.3) is 0 Å². The van der Waals surface area contributed by atoms with Gasteiger partial charge in [0.25, 0.3) is 0 Å². The maximum Gasteiger partial charge on any atom is 0.138 e. The zero-order chi connectivity index (χ0) is 12.8. The topological polar surface area (TPSA) is 55.9 Å².